The molecule has 0 atom stereocenters. The SMILES string of the molecule is Cc1cc(F)ccc1CCNCc1ccccc1C1CC1. The number of rotatable bonds is 6. The molecule has 1 aliphatic rings. The van der Waals surface area contributed by atoms with Crippen molar-refractivity contribution in [3.8, 4) is 0 Å². The van der Waals surface area contributed by atoms with E-state index < -0.39 is 0 Å². The molecule has 2 aromatic rings. The summed E-state index contributed by atoms with van der Waals surface area (Å²) in [5, 5.41) is 3.52. The zero-order chi connectivity index (χ0) is 14.7. The van der Waals surface area contributed by atoms with Crippen LogP contribution in [0.4, 0.5) is 4.39 Å². The van der Waals surface area contributed by atoms with Gasteiger partial charge >= 0.3 is 0 Å². The van der Waals surface area contributed by atoms with Gasteiger partial charge in [-0.25, -0.2) is 4.39 Å². The van der Waals surface area contributed by atoms with Gasteiger partial charge in [0.05, 0.1) is 0 Å². The molecule has 0 aliphatic heterocycles. The van der Waals surface area contributed by atoms with Crippen LogP contribution < -0.4 is 5.32 Å². The average molecular weight is 283 g/mol. The number of nitrogens with one attached hydrogen (secondary N) is 1. The summed E-state index contributed by atoms with van der Waals surface area (Å²) < 4.78 is 13.1. The summed E-state index contributed by atoms with van der Waals surface area (Å²) in [6.45, 7) is 3.82. The molecule has 0 bridgehead atoms. The Hall–Kier alpha value is -1.67. The summed E-state index contributed by atoms with van der Waals surface area (Å²) in [6, 6.07) is 13.8. The third-order valence-corrected chi connectivity index (χ3v) is 4.26. The van der Waals surface area contributed by atoms with Crippen molar-refractivity contribution in [2.24, 2.45) is 0 Å². The van der Waals surface area contributed by atoms with Gasteiger partial charge in [0.1, 0.15) is 5.82 Å². The molecular formula is C19H22FN. The molecule has 1 aliphatic carbocycles. The highest BCUT2D eigenvalue weighted by Crippen LogP contribution is 2.41. The standard InChI is InChI=1S/C19H22FN/c1-14-12-18(20)9-8-15(14)10-11-21-13-17-4-2-3-5-19(17)16-6-7-16/h2-5,8-9,12,16,21H,6-7,10-11,13H2,1H3. The van der Waals surface area contributed by atoms with E-state index in [1.807, 2.05) is 13.0 Å². The van der Waals surface area contributed by atoms with Crippen LogP contribution in [0.3, 0.4) is 0 Å². The van der Waals surface area contributed by atoms with Gasteiger partial charge in [0.25, 0.3) is 0 Å². The van der Waals surface area contributed by atoms with E-state index >= 15 is 0 Å². The Labute approximate surface area is 126 Å². The maximum atomic E-state index is 13.1. The Bertz CT molecular complexity index is 617. The fourth-order valence-corrected chi connectivity index (χ4v) is 2.87. The lowest BCUT2D eigenvalue weighted by Crippen LogP contribution is -2.18. The first kappa shape index (κ1) is 14.3. The molecule has 0 amide bonds. The highest BCUT2D eigenvalue weighted by molar-refractivity contribution is 5.33. The van der Waals surface area contributed by atoms with Crippen LogP contribution in [0.1, 0.15) is 41.0 Å². The largest absolute Gasteiger partial charge is 0.312 e. The van der Waals surface area contributed by atoms with Gasteiger partial charge in [-0.2, -0.15) is 0 Å². The smallest absolute Gasteiger partial charge is 0.123 e. The van der Waals surface area contributed by atoms with Crippen LogP contribution >= 0.6 is 0 Å². The van der Waals surface area contributed by atoms with Crippen molar-refractivity contribution in [3.05, 3.63) is 70.5 Å². The van der Waals surface area contributed by atoms with Crippen molar-refractivity contribution in [2.75, 3.05) is 6.54 Å². The first-order valence-electron chi connectivity index (χ1n) is 7.77. The van der Waals surface area contributed by atoms with Gasteiger partial charge in [0.2, 0.25) is 0 Å². The van der Waals surface area contributed by atoms with E-state index in [2.05, 4.69) is 29.6 Å². The van der Waals surface area contributed by atoms with Crippen molar-refractivity contribution in [2.45, 2.75) is 38.6 Å². The van der Waals surface area contributed by atoms with Crippen LogP contribution in [0.15, 0.2) is 42.5 Å². The molecule has 21 heavy (non-hydrogen) atoms. The van der Waals surface area contributed by atoms with Crippen molar-refractivity contribution in [3.63, 3.8) is 0 Å². The molecule has 0 spiro atoms. The minimum Gasteiger partial charge on any atom is -0.312 e. The average Bonchev–Trinajstić information content (AvgIpc) is 3.30. The molecular weight excluding hydrogens is 261 g/mol. The van der Waals surface area contributed by atoms with E-state index in [0.29, 0.717) is 0 Å². The van der Waals surface area contributed by atoms with E-state index in [9.17, 15) is 4.39 Å². The maximum Gasteiger partial charge on any atom is 0.123 e. The fraction of sp³-hybridized carbons (Fsp3) is 0.368. The number of hydrogen-bond acceptors (Lipinski definition) is 1. The highest BCUT2D eigenvalue weighted by Gasteiger charge is 2.25. The Morgan fingerprint density at radius 2 is 1.90 bits per heavy atom. The van der Waals surface area contributed by atoms with E-state index in [1.54, 1.807) is 12.1 Å². The molecule has 0 unspecified atom stereocenters. The quantitative estimate of drug-likeness (QED) is 0.777. The molecule has 0 aromatic heterocycles. The second-order valence-electron chi connectivity index (χ2n) is 5.97. The van der Waals surface area contributed by atoms with E-state index in [4.69, 9.17) is 0 Å². The van der Waals surface area contributed by atoms with Gasteiger partial charge in [0.15, 0.2) is 0 Å². The summed E-state index contributed by atoms with van der Waals surface area (Å²) in [7, 11) is 0. The molecule has 1 N–H and O–H groups in total. The van der Waals surface area contributed by atoms with Crippen LogP contribution in [-0.4, -0.2) is 6.54 Å². The summed E-state index contributed by atoms with van der Waals surface area (Å²) in [5.41, 5.74) is 5.20. The molecule has 110 valence electrons. The molecule has 2 aromatic carbocycles. The minimum atomic E-state index is -0.150. The van der Waals surface area contributed by atoms with Crippen LogP contribution in [0, 0.1) is 12.7 Å². The molecule has 1 saturated carbocycles. The number of benzene rings is 2. The summed E-state index contributed by atoms with van der Waals surface area (Å²) >= 11 is 0. The minimum absolute atomic E-state index is 0.150. The summed E-state index contributed by atoms with van der Waals surface area (Å²) in [6.07, 6.45) is 3.62. The normalized spacial score (nSPS) is 14.4. The van der Waals surface area contributed by atoms with Crippen LogP contribution in [0.5, 0.6) is 0 Å². The second kappa shape index (κ2) is 6.40. The highest BCUT2D eigenvalue weighted by atomic mass is 19.1. The van der Waals surface area contributed by atoms with Gasteiger partial charge < -0.3 is 5.32 Å². The molecule has 1 fully saturated rings. The van der Waals surface area contributed by atoms with E-state index in [1.165, 1.54) is 29.5 Å². The first-order chi connectivity index (χ1) is 10.2. The molecule has 0 heterocycles. The van der Waals surface area contributed by atoms with E-state index in [0.717, 1.165) is 31.0 Å². The van der Waals surface area contributed by atoms with Gasteiger partial charge in [0, 0.05) is 6.54 Å². The third-order valence-electron chi connectivity index (χ3n) is 4.26. The Morgan fingerprint density at radius 3 is 2.67 bits per heavy atom. The summed E-state index contributed by atoms with van der Waals surface area (Å²) in [4.78, 5) is 0. The number of hydrogen-bond donors (Lipinski definition) is 1. The lowest BCUT2D eigenvalue weighted by molar-refractivity contribution is 0.624. The molecule has 3 rings (SSSR count). The van der Waals surface area contributed by atoms with Gasteiger partial charge in [-0.3, -0.25) is 0 Å². The molecule has 0 saturated heterocycles. The lowest BCUT2D eigenvalue weighted by Gasteiger charge is -2.11. The van der Waals surface area contributed by atoms with Crippen LogP contribution in [-0.2, 0) is 13.0 Å². The molecule has 2 heteroatoms. The van der Waals surface area contributed by atoms with Gasteiger partial charge in [-0.05, 0) is 73.0 Å². The van der Waals surface area contributed by atoms with Crippen molar-refractivity contribution in [1.29, 1.82) is 0 Å². The zero-order valence-electron chi connectivity index (χ0n) is 12.5. The van der Waals surface area contributed by atoms with Crippen molar-refractivity contribution < 1.29 is 4.39 Å². The Balaban J connectivity index is 1.52. The summed E-state index contributed by atoms with van der Waals surface area (Å²) in [5.74, 6) is 0.643. The van der Waals surface area contributed by atoms with Gasteiger partial charge in [-0.15, -0.1) is 0 Å². The Morgan fingerprint density at radius 1 is 1.10 bits per heavy atom. The predicted octanol–water partition coefficient (Wildman–Crippen LogP) is 4.34. The second-order valence-corrected chi connectivity index (χ2v) is 5.97. The monoisotopic (exact) mass is 283 g/mol. The zero-order valence-corrected chi connectivity index (χ0v) is 12.5. The lowest BCUT2D eigenvalue weighted by atomic mass is 10.0. The topological polar surface area (TPSA) is 12.0 Å². The number of halogens is 1. The van der Waals surface area contributed by atoms with Crippen LogP contribution in [0.2, 0.25) is 0 Å². The van der Waals surface area contributed by atoms with E-state index in [-0.39, 0.29) is 5.82 Å². The fourth-order valence-electron chi connectivity index (χ4n) is 2.87. The first-order valence-corrected chi connectivity index (χ1v) is 7.77. The molecule has 0 radical (unpaired) electrons. The maximum absolute atomic E-state index is 13.1. The van der Waals surface area contributed by atoms with Crippen molar-refractivity contribution >= 4 is 0 Å². The van der Waals surface area contributed by atoms with Gasteiger partial charge in [-0.1, -0.05) is 30.3 Å². The third kappa shape index (κ3) is 3.70. The Kier molecular flexibility index (Phi) is 4.35. The predicted molar refractivity (Wildman–Crippen MR) is 85.0 cm³/mol. The number of aryl methyl sites for hydroxylation is 1. The molecule has 1 nitrogen and oxygen atoms in total. The van der Waals surface area contributed by atoms with Crippen LogP contribution in [0.25, 0.3) is 0 Å². The van der Waals surface area contributed by atoms with Crippen molar-refractivity contribution in [1.82, 2.24) is 5.32 Å².